The van der Waals surface area contributed by atoms with Crippen LogP contribution in [0.5, 0.6) is 0 Å². The average Bonchev–Trinajstić information content (AvgIpc) is 3.40. The van der Waals surface area contributed by atoms with Crippen LogP contribution in [0.2, 0.25) is 5.76 Å². The van der Waals surface area contributed by atoms with Crippen LogP contribution in [0.15, 0.2) is 103 Å². The topological polar surface area (TPSA) is 0 Å². The molecule has 0 spiro atoms. The van der Waals surface area contributed by atoms with E-state index < -0.39 is 9.98 Å². The first-order chi connectivity index (χ1) is 17.7. The van der Waals surface area contributed by atoms with Crippen LogP contribution in [-0.2, 0) is 21.6 Å². The van der Waals surface area contributed by atoms with Gasteiger partial charge in [-0.1, -0.05) is 63.1 Å². The Labute approximate surface area is 260 Å². The molecule has 5 aromatic carbocycles. The van der Waals surface area contributed by atoms with Crippen LogP contribution in [0, 0.1) is 39.3 Å². The van der Waals surface area contributed by atoms with Crippen molar-refractivity contribution in [3.63, 3.8) is 0 Å². The summed E-state index contributed by atoms with van der Waals surface area (Å²) in [7, 11) is -0.676. The van der Waals surface area contributed by atoms with Crippen molar-refractivity contribution in [3.05, 3.63) is 137 Å². The Hall–Kier alpha value is -1.77. The molecule has 5 aromatic rings. The van der Waals surface area contributed by atoms with E-state index in [4.69, 9.17) is 0 Å². The Balaban J connectivity index is 0.000000292. The molecule has 5 rings (SSSR count). The van der Waals surface area contributed by atoms with Gasteiger partial charge in [0.15, 0.2) is 0 Å². The number of aryl methyl sites for hydroxylation is 4. The molecule has 0 heterocycles. The first-order valence-electron chi connectivity index (χ1n) is 12.3. The quantitative estimate of drug-likeness (QED) is 0.201. The van der Waals surface area contributed by atoms with Crippen LogP contribution < -0.4 is 29.2 Å². The van der Waals surface area contributed by atoms with Gasteiger partial charge in [-0.3, -0.25) is 0 Å². The molecular weight excluding hydrogens is 669 g/mol. The van der Waals surface area contributed by atoms with Crippen LogP contribution in [0.4, 0.5) is 8.78 Å². The smallest absolute Gasteiger partial charge is 1.00 e. The number of benzene rings is 3. The summed E-state index contributed by atoms with van der Waals surface area (Å²) in [6, 6.07) is 32.6. The van der Waals surface area contributed by atoms with Gasteiger partial charge < -0.3 is 24.8 Å². The van der Waals surface area contributed by atoms with E-state index in [1.54, 1.807) is 50.3 Å². The van der Waals surface area contributed by atoms with Gasteiger partial charge in [0.25, 0.3) is 0 Å². The van der Waals surface area contributed by atoms with Crippen LogP contribution in [0.1, 0.15) is 22.3 Å². The van der Waals surface area contributed by atoms with Crippen LogP contribution >= 0.6 is 0 Å². The second-order valence-corrected chi connectivity index (χ2v) is 22.6. The number of halogens is 4. The summed E-state index contributed by atoms with van der Waals surface area (Å²) in [5, 5.41) is 0. The first kappa shape index (κ1) is 35.3. The molecule has 0 unspecified atom stereocenters. The van der Waals surface area contributed by atoms with Crippen molar-refractivity contribution in [2.45, 2.75) is 33.5 Å². The molecule has 0 amide bonds. The molecule has 0 fully saturated rings. The minimum absolute atomic E-state index is 0. The summed E-state index contributed by atoms with van der Waals surface area (Å²) in [6.45, 7) is 8.20. The second kappa shape index (κ2) is 17.1. The van der Waals surface area contributed by atoms with Crippen molar-refractivity contribution < 1.29 is 55.2 Å². The van der Waals surface area contributed by atoms with Gasteiger partial charge in [-0.05, 0) is 12.1 Å². The maximum Gasteiger partial charge on any atom is -1.00 e. The van der Waals surface area contributed by atoms with Crippen LogP contribution in [0.3, 0.4) is 0 Å². The zero-order valence-corrected chi connectivity index (χ0v) is 28.9. The summed E-state index contributed by atoms with van der Waals surface area (Å²) < 4.78 is 27.7. The zero-order valence-electron chi connectivity index (χ0n) is 22.8. The fourth-order valence-corrected chi connectivity index (χ4v) is 7.92. The van der Waals surface area contributed by atoms with E-state index in [1.165, 1.54) is 34.4 Å². The fourth-order valence-electron chi connectivity index (χ4n) is 4.34. The van der Waals surface area contributed by atoms with Crippen molar-refractivity contribution in [2.24, 2.45) is 0 Å². The van der Waals surface area contributed by atoms with Gasteiger partial charge in [0.05, 0.1) is 11.6 Å². The minimum atomic E-state index is -0.676. The van der Waals surface area contributed by atoms with Crippen LogP contribution in [-0.4, -0.2) is 9.98 Å². The molecule has 0 aliphatic heterocycles. The Morgan fingerprint density at radius 1 is 0.538 bits per heavy atom. The van der Waals surface area contributed by atoms with E-state index in [1.807, 2.05) is 39.8 Å². The zero-order chi connectivity index (χ0) is 26.9. The van der Waals surface area contributed by atoms with E-state index >= 15 is 0 Å². The van der Waals surface area contributed by atoms with Crippen molar-refractivity contribution >= 4 is 14.4 Å². The summed E-state index contributed by atoms with van der Waals surface area (Å²) in [5.74, 6) is 2.05. The van der Waals surface area contributed by atoms with Crippen molar-refractivity contribution in [2.75, 3.05) is 0 Å². The van der Waals surface area contributed by atoms with Crippen molar-refractivity contribution in [3.8, 4) is 22.3 Å². The average molecular weight is 701 g/mol. The largest absolute Gasteiger partial charge is 1.00 e. The second-order valence-electron chi connectivity index (χ2n) is 9.16. The summed E-state index contributed by atoms with van der Waals surface area (Å²) in [5.41, 5.74) is 9.05. The maximum atomic E-state index is 13.0. The molecule has 0 aliphatic carbocycles. The Bertz CT molecular complexity index is 1350. The van der Waals surface area contributed by atoms with Gasteiger partial charge in [0.1, 0.15) is 0 Å². The molecule has 39 heavy (non-hydrogen) atoms. The molecule has 0 nitrogen and oxygen atoms in total. The fraction of sp³-hybridized carbons (Fsp3) is 0.152. The molecule has 0 aromatic heterocycles. The molecule has 0 N–H and O–H groups in total. The predicted octanol–water partition coefficient (Wildman–Crippen LogP) is 2.73. The van der Waals surface area contributed by atoms with E-state index in [9.17, 15) is 8.78 Å². The Morgan fingerprint density at radius 3 is 1.18 bits per heavy atom. The van der Waals surface area contributed by atoms with Crippen LogP contribution in [0.25, 0.3) is 22.3 Å². The molecule has 0 saturated carbocycles. The molecule has 202 valence electrons. The Morgan fingerprint density at radius 2 is 0.897 bits per heavy atom. The van der Waals surface area contributed by atoms with E-state index in [0.717, 1.165) is 22.3 Å². The third kappa shape index (κ3) is 10.3. The Kier molecular flexibility index (Phi) is 15.5. The molecule has 0 radical (unpaired) electrons. The van der Waals surface area contributed by atoms with Crippen molar-refractivity contribution in [1.29, 1.82) is 0 Å². The molecule has 0 saturated heterocycles. The monoisotopic (exact) mass is 700 g/mol. The molecule has 0 bridgehead atoms. The molecular formula is C33H32Cl2F2GeZr-2. The van der Waals surface area contributed by atoms with Gasteiger partial charge in [-0.2, -0.15) is 0 Å². The minimum Gasteiger partial charge on any atom is -1.00 e. The first-order valence-corrected chi connectivity index (χ1v) is 22.8. The summed E-state index contributed by atoms with van der Waals surface area (Å²) in [6.07, 6.45) is 0. The van der Waals surface area contributed by atoms with Gasteiger partial charge in [-0.25, -0.2) is 8.78 Å². The number of rotatable bonds is 3. The normalized spacial score (nSPS) is 9.67. The maximum absolute atomic E-state index is 13.0. The van der Waals surface area contributed by atoms with E-state index in [-0.39, 0.29) is 36.4 Å². The standard InChI is InChI=1S/2C13H12F.C7H8Ge.2ClH.Zr/c2*1-9-6-7-10(2)13(9)11-4-3-5-12(14)8-11;1-8-7-5-3-2-4-6-7;;;/h2*3-8H,1-2H3;2-6H,1H3;2*1H;/q2*-1;;;;+2/p-2. The van der Waals surface area contributed by atoms with Crippen molar-refractivity contribution in [1.82, 2.24) is 0 Å². The summed E-state index contributed by atoms with van der Waals surface area (Å²) >= 11 is 1.76. The van der Waals surface area contributed by atoms with Gasteiger partial charge in [0.2, 0.25) is 0 Å². The molecule has 0 aliphatic rings. The molecule has 0 atom stereocenters. The predicted molar refractivity (Wildman–Crippen MR) is 151 cm³/mol. The van der Waals surface area contributed by atoms with E-state index in [2.05, 4.69) is 60.4 Å². The number of hydrogen-bond donors (Lipinski definition) is 0. The third-order valence-electron chi connectivity index (χ3n) is 6.18. The van der Waals surface area contributed by atoms with E-state index in [0.29, 0.717) is 0 Å². The third-order valence-corrected chi connectivity index (χ3v) is 12.4. The SMILES string of the molecule is Cc1ccc(C)[c-]1-c1cccc(F)c1.Cc1ccc(C)[c-]1-c1cccc(F)c1.[CH3][Ge](=[Zr+2])[c]1ccccc1.[Cl-].[Cl-]. The number of hydrogen-bond acceptors (Lipinski definition) is 0. The van der Waals surface area contributed by atoms with Gasteiger partial charge >= 0.3 is 72.1 Å². The van der Waals surface area contributed by atoms with Gasteiger partial charge in [-0.15, -0.1) is 69.8 Å². The van der Waals surface area contributed by atoms with Gasteiger partial charge in [0, 0.05) is 0 Å². The summed E-state index contributed by atoms with van der Waals surface area (Å²) in [4.78, 5) is 0. The molecule has 6 heteroatoms.